The van der Waals surface area contributed by atoms with Gasteiger partial charge in [-0.3, -0.25) is 0 Å². The van der Waals surface area contributed by atoms with E-state index < -0.39 is 0 Å². The predicted octanol–water partition coefficient (Wildman–Crippen LogP) is 1.93. The Bertz CT molecular complexity index is 76.4. The molecule has 0 aromatic heterocycles. The van der Waals surface area contributed by atoms with Crippen LogP contribution >= 0.6 is 0 Å². The van der Waals surface area contributed by atoms with Crippen molar-refractivity contribution in [2.75, 3.05) is 6.61 Å². The van der Waals surface area contributed by atoms with Crippen molar-refractivity contribution in [3.8, 4) is 0 Å². The van der Waals surface area contributed by atoms with E-state index in [4.69, 9.17) is 0 Å². The molecule has 0 aliphatic heterocycles. The van der Waals surface area contributed by atoms with Gasteiger partial charge in [-0.1, -0.05) is 0 Å². The first-order valence-electron chi connectivity index (χ1n) is 2.04. The van der Waals surface area contributed by atoms with Crippen LogP contribution in [0.4, 0.5) is 8.78 Å². The van der Waals surface area contributed by atoms with Crippen LogP contribution in [0.1, 0.15) is 0 Å². The molecule has 0 unspecified atom stereocenters. The summed E-state index contributed by atoms with van der Waals surface area (Å²) in [5.74, 6) is 0. The van der Waals surface area contributed by atoms with E-state index in [1.54, 1.807) is 0 Å². The molecule has 0 bridgehead atoms. The molecule has 0 saturated carbocycles. The molecule has 8 heavy (non-hydrogen) atoms. The van der Waals surface area contributed by atoms with Crippen molar-refractivity contribution < 1.29 is 13.5 Å². The van der Waals surface area contributed by atoms with E-state index in [2.05, 4.69) is 4.74 Å². The number of hydrogen-bond acceptors (Lipinski definition) is 1. The molecule has 0 radical (unpaired) electrons. The molecule has 0 heterocycles. The second-order valence-electron chi connectivity index (χ2n) is 0.957. The lowest BCUT2D eigenvalue weighted by Gasteiger charge is -1.87. The van der Waals surface area contributed by atoms with Crippen LogP contribution in [0.5, 0.6) is 0 Å². The molecule has 0 amide bonds. The Labute approximate surface area is 46.3 Å². The third-order valence-corrected chi connectivity index (χ3v) is 0.429. The van der Waals surface area contributed by atoms with Crippen molar-refractivity contribution in [3.05, 3.63) is 25.0 Å². The van der Waals surface area contributed by atoms with Gasteiger partial charge in [-0.05, 0) is 6.08 Å². The second kappa shape index (κ2) is 6.14. The number of ether oxygens (including phenoxy) is 1. The quantitative estimate of drug-likeness (QED) is 0.408. The minimum Gasteiger partial charge on any atom is -0.495 e. The maximum Gasteiger partial charge on any atom is 0.121 e. The SMILES string of the molecule is FC=CCOC=CF. The number of halogens is 2. The maximum absolute atomic E-state index is 11.0. The Balaban J connectivity index is 2.93. The molecule has 0 aromatic carbocycles. The van der Waals surface area contributed by atoms with Gasteiger partial charge in [-0.2, -0.15) is 0 Å². The minimum absolute atomic E-state index is 0.0664. The van der Waals surface area contributed by atoms with E-state index in [0.717, 1.165) is 12.3 Å². The monoisotopic (exact) mass is 120 g/mol. The van der Waals surface area contributed by atoms with Gasteiger partial charge in [0.25, 0.3) is 0 Å². The second-order valence-corrected chi connectivity index (χ2v) is 0.957. The lowest BCUT2D eigenvalue weighted by atomic mass is 10.7. The molecular formula is C5H6F2O. The van der Waals surface area contributed by atoms with Crippen LogP contribution in [0.25, 0.3) is 0 Å². The average Bonchev–Trinajstić information content (AvgIpc) is 1.81. The van der Waals surface area contributed by atoms with Crippen LogP contribution in [-0.2, 0) is 4.74 Å². The standard InChI is InChI=1S/C5H6F2O/c6-2-1-4-8-5-3-7/h1-3,5H,4H2. The third-order valence-electron chi connectivity index (χ3n) is 0.429. The third kappa shape index (κ3) is 5.14. The van der Waals surface area contributed by atoms with Crippen molar-refractivity contribution in [2.24, 2.45) is 0 Å². The molecule has 0 aromatic rings. The first-order chi connectivity index (χ1) is 3.91. The summed E-state index contributed by atoms with van der Waals surface area (Å²) in [6.45, 7) is 0.0664. The fraction of sp³-hybridized carbons (Fsp3) is 0.200. The van der Waals surface area contributed by atoms with Gasteiger partial charge in [0, 0.05) is 0 Å². The van der Waals surface area contributed by atoms with Crippen molar-refractivity contribution >= 4 is 0 Å². The molecule has 0 aliphatic carbocycles. The fourth-order valence-corrected chi connectivity index (χ4v) is 0.184. The van der Waals surface area contributed by atoms with Gasteiger partial charge in [0.15, 0.2) is 0 Å². The van der Waals surface area contributed by atoms with Gasteiger partial charge in [-0.15, -0.1) is 0 Å². The summed E-state index contributed by atoms with van der Waals surface area (Å²) in [6, 6.07) is 0. The van der Waals surface area contributed by atoms with Gasteiger partial charge in [0.1, 0.15) is 19.2 Å². The van der Waals surface area contributed by atoms with Gasteiger partial charge < -0.3 is 4.74 Å². The Morgan fingerprint density at radius 3 is 2.50 bits per heavy atom. The average molecular weight is 120 g/mol. The summed E-state index contributed by atoms with van der Waals surface area (Å²) in [7, 11) is 0. The summed E-state index contributed by atoms with van der Waals surface area (Å²) in [6.07, 6.45) is 2.55. The molecule has 46 valence electrons. The zero-order valence-electron chi connectivity index (χ0n) is 4.18. The lowest BCUT2D eigenvalue weighted by Crippen LogP contribution is -1.77. The summed E-state index contributed by atoms with van der Waals surface area (Å²) in [5.41, 5.74) is 0. The zero-order chi connectivity index (χ0) is 6.24. The Morgan fingerprint density at radius 2 is 2.00 bits per heavy atom. The largest absolute Gasteiger partial charge is 0.495 e. The summed E-state index contributed by atoms with van der Waals surface area (Å²) < 4.78 is 26.4. The minimum atomic E-state index is 0.0664. The summed E-state index contributed by atoms with van der Waals surface area (Å²) in [5, 5.41) is 0. The van der Waals surface area contributed by atoms with E-state index in [0.29, 0.717) is 6.33 Å². The number of rotatable bonds is 3. The molecule has 0 rings (SSSR count). The van der Waals surface area contributed by atoms with Crippen LogP contribution in [-0.4, -0.2) is 6.61 Å². The molecule has 0 saturated heterocycles. The van der Waals surface area contributed by atoms with Crippen molar-refractivity contribution in [3.63, 3.8) is 0 Å². The van der Waals surface area contributed by atoms with E-state index in [1.807, 2.05) is 0 Å². The molecule has 0 atom stereocenters. The smallest absolute Gasteiger partial charge is 0.121 e. The van der Waals surface area contributed by atoms with E-state index in [1.165, 1.54) is 0 Å². The van der Waals surface area contributed by atoms with Gasteiger partial charge in [0.05, 0.1) is 6.33 Å². The highest BCUT2D eigenvalue weighted by molar-refractivity contribution is 4.72. The highest BCUT2D eigenvalue weighted by atomic mass is 19.1. The van der Waals surface area contributed by atoms with Gasteiger partial charge in [-0.25, -0.2) is 8.78 Å². The van der Waals surface area contributed by atoms with Crippen molar-refractivity contribution in [1.29, 1.82) is 0 Å². The van der Waals surface area contributed by atoms with Gasteiger partial charge >= 0.3 is 0 Å². The lowest BCUT2D eigenvalue weighted by molar-refractivity contribution is 0.282. The molecule has 0 spiro atoms. The molecule has 0 aliphatic rings. The molecule has 3 heteroatoms. The van der Waals surface area contributed by atoms with Crippen LogP contribution in [0.15, 0.2) is 25.0 Å². The Morgan fingerprint density at radius 1 is 1.25 bits per heavy atom. The van der Waals surface area contributed by atoms with Crippen LogP contribution < -0.4 is 0 Å². The predicted molar refractivity (Wildman–Crippen MR) is 26.4 cm³/mol. The topological polar surface area (TPSA) is 9.23 Å². The summed E-state index contributed by atoms with van der Waals surface area (Å²) in [4.78, 5) is 0. The van der Waals surface area contributed by atoms with Crippen LogP contribution in [0.2, 0.25) is 0 Å². The maximum atomic E-state index is 11.0. The van der Waals surface area contributed by atoms with Gasteiger partial charge in [0.2, 0.25) is 0 Å². The van der Waals surface area contributed by atoms with Crippen molar-refractivity contribution in [1.82, 2.24) is 0 Å². The van der Waals surface area contributed by atoms with E-state index >= 15 is 0 Å². The normalized spacial score (nSPS) is 11.2. The van der Waals surface area contributed by atoms with Crippen molar-refractivity contribution in [2.45, 2.75) is 0 Å². The first kappa shape index (κ1) is 7.14. The Hall–Kier alpha value is -0.860. The fourth-order valence-electron chi connectivity index (χ4n) is 0.184. The van der Waals surface area contributed by atoms with E-state index in [9.17, 15) is 8.78 Å². The molecule has 0 fully saturated rings. The highest BCUT2D eigenvalue weighted by Gasteiger charge is 1.70. The molecular weight excluding hydrogens is 114 g/mol. The zero-order valence-corrected chi connectivity index (χ0v) is 4.18. The molecule has 0 N–H and O–H groups in total. The van der Waals surface area contributed by atoms with Crippen LogP contribution in [0, 0.1) is 0 Å². The Kier molecular flexibility index (Phi) is 5.48. The first-order valence-corrected chi connectivity index (χ1v) is 2.04. The summed E-state index contributed by atoms with van der Waals surface area (Å²) >= 11 is 0. The van der Waals surface area contributed by atoms with Crippen LogP contribution in [0.3, 0.4) is 0 Å². The molecule has 1 nitrogen and oxygen atoms in total. The number of hydrogen-bond donors (Lipinski definition) is 0. The highest BCUT2D eigenvalue weighted by Crippen LogP contribution is 1.79. The van der Waals surface area contributed by atoms with E-state index in [-0.39, 0.29) is 12.9 Å².